The Morgan fingerprint density at radius 2 is 1.93 bits per heavy atom. The van der Waals surface area contributed by atoms with E-state index < -0.39 is 0 Å². The zero-order valence-electron chi connectivity index (χ0n) is 9.36. The topological polar surface area (TPSA) is 20.3 Å². The van der Waals surface area contributed by atoms with Crippen molar-refractivity contribution in [3.8, 4) is 0 Å². The van der Waals surface area contributed by atoms with Crippen molar-refractivity contribution in [1.82, 2.24) is 4.90 Å². The van der Waals surface area contributed by atoms with Crippen molar-refractivity contribution in [3.05, 3.63) is 35.9 Å². The standard InChI is InChI=1S/C13H17NO/c1-13(2)8-9-14(10-13)12(15)11-6-4-3-5-7-11/h3-7H,8-10H2,1-2H3. The second kappa shape index (κ2) is 3.69. The molecule has 2 rings (SSSR count). The minimum absolute atomic E-state index is 0.168. The minimum Gasteiger partial charge on any atom is -0.338 e. The molecule has 80 valence electrons. The summed E-state index contributed by atoms with van der Waals surface area (Å²) in [6, 6.07) is 9.52. The SMILES string of the molecule is CC1(C)CCN(C(=O)c2ccccc2)C1. The summed E-state index contributed by atoms with van der Waals surface area (Å²) in [4.78, 5) is 14.0. The van der Waals surface area contributed by atoms with Crippen LogP contribution in [0.5, 0.6) is 0 Å². The molecule has 0 unspecified atom stereocenters. The average Bonchev–Trinajstić information content (AvgIpc) is 2.59. The number of rotatable bonds is 1. The minimum atomic E-state index is 0.168. The van der Waals surface area contributed by atoms with Gasteiger partial charge in [-0.3, -0.25) is 4.79 Å². The molecule has 1 aromatic rings. The molecule has 15 heavy (non-hydrogen) atoms. The number of hydrogen-bond acceptors (Lipinski definition) is 1. The zero-order chi connectivity index (χ0) is 10.9. The summed E-state index contributed by atoms with van der Waals surface area (Å²) in [5.74, 6) is 0.168. The lowest BCUT2D eigenvalue weighted by Gasteiger charge is -2.19. The van der Waals surface area contributed by atoms with Gasteiger partial charge in [0.2, 0.25) is 0 Å². The molecule has 1 amide bonds. The van der Waals surface area contributed by atoms with E-state index in [2.05, 4.69) is 13.8 Å². The quantitative estimate of drug-likeness (QED) is 0.687. The third-order valence-electron chi connectivity index (χ3n) is 2.99. The van der Waals surface area contributed by atoms with E-state index >= 15 is 0 Å². The van der Waals surface area contributed by atoms with Gasteiger partial charge in [-0.05, 0) is 24.0 Å². The predicted molar refractivity (Wildman–Crippen MR) is 60.7 cm³/mol. The van der Waals surface area contributed by atoms with Gasteiger partial charge in [-0.15, -0.1) is 0 Å². The van der Waals surface area contributed by atoms with Crippen molar-refractivity contribution in [3.63, 3.8) is 0 Å². The van der Waals surface area contributed by atoms with Crippen LogP contribution in [-0.4, -0.2) is 23.9 Å². The highest BCUT2D eigenvalue weighted by Gasteiger charge is 2.32. The Morgan fingerprint density at radius 3 is 2.47 bits per heavy atom. The number of likely N-dealkylation sites (tertiary alicyclic amines) is 1. The van der Waals surface area contributed by atoms with E-state index in [4.69, 9.17) is 0 Å². The Kier molecular flexibility index (Phi) is 2.51. The molecule has 0 radical (unpaired) electrons. The van der Waals surface area contributed by atoms with Gasteiger partial charge in [0.15, 0.2) is 0 Å². The number of carbonyl (C=O) groups is 1. The van der Waals surface area contributed by atoms with E-state index in [9.17, 15) is 4.79 Å². The molecule has 0 aliphatic carbocycles. The molecule has 2 nitrogen and oxygen atoms in total. The molecule has 2 heteroatoms. The summed E-state index contributed by atoms with van der Waals surface area (Å²) in [6.45, 7) is 6.19. The second-order valence-corrected chi connectivity index (χ2v) is 5.01. The predicted octanol–water partition coefficient (Wildman–Crippen LogP) is 2.56. The molecule has 1 aromatic carbocycles. The van der Waals surface area contributed by atoms with Crippen molar-refractivity contribution in [2.45, 2.75) is 20.3 Å². The first-order valence-electron chi connectivity index (χ1n) is 5.43. The van der Waals surface area contributed by atoms with Gasteiger partial charge in [0.05, 0.1) is 0 Å². The molecule has 0 N–H and O–H groups in total. The van der Waals surface area contributed by atoms with Crippen molar-refractivity contribution in [2.75, 3.05) is 13.1 Å². The molecule has 0 aromatic heterocycles. The highest BCUT2D eigenvalue weighted by atomic mass is 16.2. The second-order valence-electron chi connectivity index (χ2n) is 5.01. The van der Waals surface area contributed by atoms with Crippen molar-refractivity contribution in [1.29, 1.82) is 0 Å². The van der Waals surface area contributed by atoms with E-state index in [1.54, 1.807) is 0 Å². The fourth-order valence-electron chi connectivity index (χ4n) is 2.05. The Bertz CT molecular complexity index is 356. The van der Waals surface area contributed by atoms with Crippen LogP contribution in [-0.2, 0) is 0 Å². The monoisotopic (exact) mass is 203 g/mol. The van der Waals surface area contributed by atoms with Crippen LogP contribution in [0, 0.1) is 5.41 Å². The van der Waals surface area contributed by atoms with Crippen molar-refractivity contribution >= 4 is 5.91 Å². The van der Waals surface area contributed by atoms with Gasteiger partial charge in [0, 0.05) is 18.7 Å². The van der Waals surface area contributed by atoms with E-state index in [0.717, 1.165) is 25.1 Å². The van der Waals surface area contributed by atoms with Crippen LogP contribution in [0.3, 0.4) is 0 Å². The fourth-order valence-corrected chi connectivity index (χ4v) is 2.05. The summed E-state index contributed by atoms with van der Waals surface area (Å²) in [7, 11) is 0. The van der Waals surface area contributed by atoms with Gasteiger partial charge >= 0.3 is 0 Å². The number of hydrogen-bond donors (Lipinski definition) is 0. The first-order chi connectivity index (χ1) is 7.08. The zero-order valence-corrected chi connectivity index (χ0v) is 9.36. The third kappa shape index (κ3) is 2.20. The normalized spacial score (nSPS) is 19.2. The summed E-state index contributed by atoms with van der Waals surface area (Å²) in [5.41, 5.74) is 1.08. The highest BCUT2D eigenvalue weighted by Crippen LogP contribution is 2.29. The molecule has 0 spiro atoms. The number of carbonyl (C=O) groups excluding carboxylic acids is 1. The summed E-state index contributed by atoms with van der Waals surface area (Å²) < 4.78 is 0. The molecule has 0 saturated carbocycles. The molecule has 1 fully saturated rings. The van der Waals surface area contributed by atoms with Crippen molar-refractivity contribution in [2.24, 2.45) is 5.41 Å². The number of benzene rings is 1. The van der Waals surface area contributed by atoms with Crippen LogP contribution in [0.15, 0.2) is 30.3 Å². The number of amides is 1. The van der Waals surface area contributed by atoms with Crippen LogP contribution in [0.4, 0.5) is 0 Å². The van der Waals surface area contributed by atoms with Crippen LogP contribution >= 0.6 is 0 Å². The maximum atomic E-state index is 12.1. The van der Waals surface area contributed by atoms with Crippen LogP contribution in [0.2, 0.25) is 0 Å². The Hall–Kier alpha value is -1.31. The first-order valence-corrected chi connectivity index (χ1v) is 5.43. The maximum absolute atomic E-state index is 12.1. The lowest BCUT2D eigenvalue weighted by atomic mass is 9.93. The Labute approximate surface area is 90.9 Å². The van der Waals surface area contributed by atoms with E-state index in [-0.39, 0.29) is 11.3 Å². The number of nitrogens with zero attached hydrogens (tertiary/aromatic N) is 1. The molecule has 1 saturated heterocycles. The Balaban J connectivity index is 2.11. The van der Waals surface area contributed by atoms with Crippen molar-refractivity contribution < 1.29 is 4.79 Å². The van der Waals surface area contributed by atoms with Crippen LogP contribution in [0.1, 0.15) is 30.6 Å². The highest BCUT2D eigenvalue weighted by molar-refractivity contribution is 5.94. The van der Waals surface area contributed by atoms with Gasteiger partial charge in [0.25, 0.3) is 5.91 Å². The van der Waals surface area contributed by atoms with Gasteiger partial charge in [-0.1, -0.05) is 32.0 Å². The summed E-state index contributed by atoms with van der Waals surface area (Å²) in [5, 5.41) is 0. The largest absolute Gasteiger partial charge is 0.338 e. The summed E-state index contributed by atoms with van der Waals surface area (Å²) >= 11 is 0. The molecule has 1 aliphatic rings. The molecule has 1 heterocycles. The van der Waals surface area contributed by atoms with Gasteiger partial charge in [-0.2, -0.15) is 0 Å². The molecular weight excluding hydrogens is 186 g/mol. The lowest BCUT2D eigenvalue weighted by Crippen LogP contribution is -2.30. The Morgan fingerprint density at radius 1 is 1.27 bits per heavy atom. The fraction of sp³-hybridized carbons (Fsp3) is 0.462. The average molecular weight is 203 g/mol. The van der Waals surface area contributed by atoms with Crippen LogP contribution < -0.4 is 0 Å². The third-order valence-corrected chi connectivity index (χ3v) is 2.99. The van der Waals surface area contributed by atoms with E-state index in [1.165, 1.54) is 0 Å². The van der Waals surface area contributed by atoms with Crippen LogP contribution in [0.25, 0.3) is 0 Å². The van der Waals surface area contributed by atoms with Gasteiger partial charge in [-0.25, -0.2) is 0 Å². The van der Waals surface area contributed by atoms with Gasteiger partial charge in [0.1, 0.15) is 0 Å². The lowest BCUT2D eigenvalue weighted by molar-refractivity contribution is 0.0778. The molecule has 0 atom stereocenters. The smallest absolute Gasteiger partial charge is 0.253 e. The molecule has 1 aliphatic heterocycles. The molecule has 0 bridgehead atoms. The van der Waals surface area contributed by atoms with E-state index in [0.29, 0.717) is 0 Å². The van der Waals surface area contributed by atoms with Gasteiger partial charge < -0.3 is 4.90 Å². The van der Waals surface area contributed by atoms with E-state index in [1.807, 2.05) is 35.2 Å². The first kappa shape index (κ1) is 10.2. The maximum Gasteiger partial charge on any atom is 0.253 e. The summed E-state index contributed by atoms with van der Waals surface area (Å²) in [6.07, 6.45) is 1.10. The molecular formula is C13H17NO.